The summed E-state index contributed by atoms with van der Waals surface area (Å²) >= 11 is 1.88. The molecule has 0 aliphatic heterocycles. The van der Waals surface area contributed by atoms with Gasteiger partial charge in [0.2, 0.25) is 0 Å². The third-order valence-corrected chi connectivity index (χ3v) is 12.0. The Morgan fingerprint density at radius 2 is 1.06 bits per heavy atom. The monoisotopic (exact) mass is 630 g/mol. The van der Waals surface area contributed by atoms with Crippen LogP contribution in [-0.4, -0.2) is 9.13 Å². The van der Waals surface area contributed by atoms with Gasteiger partial charge in [0.05, 0.1) is 22.1 Å². The van der Waals surface area contributed by atoms with E-state index in [1.54, 1.807) is 0 Å². The van der Waals surface area contributed by atoms with Crippen molar-refractivity contribution in [3.63, 3.8) is 0 Å². The molecule has 0 atom stereocenters. The number of para-hydroxylation sites is 2. The molecule has 0 N–H and O–H groups in total. The zero-order valence-electron chi connectivity index (χ0n) is 26.7. The van der Waals surface area contributed by atoms with Gasteiger partial charge in [0.25, 0.3) is 0 Å². The predicted molar refractivity (Wildman–Crippen MR) is 206 cm³/mol. The number of hydrogen-bond acceptors (Lipinski definition) is 1. The maximum absolute atomic E-state index is 2.52. The highest BCUT2D eigenvalue weighted by atomic mass is 32.1. The fourth-order valence-corrected chi connectivity index (χ4v) is 9.90. The fourth-order valence-electron chi connectivity index (χ4n) is 8.76. The Labute approximate surface area is 281 Å². The molecule has 0 fully saturated rings. The average molecular weight is 631 g/mol. The number of thiophene rings is 1. The molecule has 1 aliphatic rings. The van der Waals surface area contributed by atoms with E-state index in [0.29, 0.717) is 0 Å². The molecular formula is C45H30N2S. The SMILES string of the molecule is CC1(C)c2ccccc2-c2cc(-n3c4ccccc4c4ccc5c(c6ccccc6n5-c5ccc6c(c5)sc5ccccc56)c43)ccc21. The van der Waals surface area contributed by atoms with Crippen LogP contribution in [0.4, 0.5) is 0 Å². The van der Waals surface area contributed by atoms with Crippen molar-refractivity contribution in [2.45, 2.75) is 19.3 Å². The van der Waals surface area contributed by atoms with Gasteiger partial charge < -0.3 is 9.13 Å². The van der Waals surface area contributed by atoms with Gasteiger partial charge in [-0.1, -0.05) is 111 Å². The van der Waals surface area contributed by atoms with Crippen LogP contribution in [0.3, 0.4) is 0 Å². The van der Waals surface area contributed by atoms with Gasteiger partial charge in [-0.05, 0) is 70.8 Å². The van der Waals surface area contributed by atoms with Crippen LogP contribution in [0.15, 0.2) is 146 Å². The maximum atomic E-state index is 2.52. The van der Waals surface area contributed by atoms with Crippen LogP contribution in [0.2, 0.25) is 0 Å². The van der Waals surface area contributed by atoms with E-state index >= 15 is 0 Å². The van der Waals surface area contributed by atoms with E-state index in [-0.39, 0.29) is 5.41 Å². The largest absolute Gasteiger partial charge is 0.309 e. The van der Waals surface area contributed by atoms with E-state index < -0.39 is 0 Å². The topological polar surface area (TPSA) is 9.86 Å². The van der Waals surface area contributed by atoms with E-state index in [2.05, 4.69) is 169 Å². The summed E-state index contributed by atoms with van der Waals surface area (Å²) in [6.45, 7) is 4.71. The second-order valence-electron chi connectivity index (χ2n) is 13.7. The predicted octanol–water partition coefficient (Wildman–Crippen LogP) is 12.6. The number of benzene rings is 7. The third kappa shape index (κ3) is 3.31. The summed E-state index contributed by atoms with van der Waals surface area (Å²) in [5.74, 6) is 0. The van der Waals surface area contributed by atoms with Gasteiger partial charge in [-0.25, -0.2) is 0 Å². The Kier molecular flexibility index (Phi) is 5.09. The summed E-state index contributed by atoms with van der Waals surface area (Å²) in [5, 5.41) is 7.77. The Hall–Kier alpha value is -5.64. The van der Waals surface area contributed by atoms with Crippen LogP contribution >= 0.6 is 11.3 Å². The highest BCUT2D eigenvalue weighted by Gasteiger charge is 2.35. The molecule has 0 amide bonds. The minimum Gasteiger partial charge on any atom is -0.309 e. The second kappa shape index (κ2) is 9.25. The molecule has 3 heterocycles. The van der Waals surface area contributed by atoms with Crippen molar-refractivity contribution in [3.8, 4) is 22.5 Å². The molecule has 0 bridgehead atoms. The molecular weight excluding hydrogens is 601 g/mol. The van der Waals surface area contributed by atoms with Gasteiger partial charge in [0.15, 0.2) is 0 Å². The van der Waals surface area contributed by atoms with Gasteiger partial charge in [0.1, 0.15) is 0 Å². The van der Waals surface area contributed by atoms with E-state index in [0.717, 1.165) is 0 Å². The molecule has 1 aliphatic carbocycles. The molecule has 0 saturated carbocycles. The molecule has 3 heteroatoms. The molecule has 10 aromatic rings. The molecule has 0 radical (unpaired) electrons. The minimum atomic E-state index is -0.0263. The lowest BCUT2D eigenvalue weighted by Crippen LogP contribution is -2.14. The first-order valence-corrected chi connectivity index (χ1v) is 17.5. The Morgan fingerprint density at radius 3 is 1.94 bits per heavy atom. The molecule has 7 aromatic carbocycles. The van der Waals surface area contributed by atoms with Gasteiger partial charge in [-0.2, -0.15) is 0 Å². The van der Waals surface area contributed by atoms with Crippen molar-refractivity contribution in [1.29, 1.82) is 0 Å². The van der Waals surface area contributed by atoms with Crippen molar-refractivity contribution < 1.29 is 0 Å². The Balaban J connectivity index is 1.25. The van der Waals surface area contributed by atoms with Gasteiger partial charge >= 0.3 is 0 Å². The van der Waals surface area contributed by atoms with Crippen molar-refractivity contribution >= 4 is 75.1 Å². The van der Waals surface area contributed by atoms with Crippen LogP contribution in [0.5, 0.6) is 0 Å². The first-order chi connectivity index (χ1) is 23.6. The number of hydrogen-bond donors (Lipinski definition) is 0. The summed E-state index contributed by atoms with van der Waals surface area (Å²) in [4.78, 5) is 0. The van der Waals surface area contributed by atoms with E-state index in [4.69, 9.17) is 0 Å². The lowest BCUT2D eigenvalue weighted by molar-refractivity contribution is 0.660. The molecule has 48 heavy (non-hydrogen) atoms. The lowest BCUT2D eigenvalue weighted by atomic mass is 9.82. The summed E-state index contributed by atoms with van der Waals surface area (Å²) in [5.41, 5.74) is 12.8. The van der Waals surface area contributed by atoms with Gasteiger partial charge in [-0.15, -0.1) is 11.3 Å². The van der Waals surface area contributed by atoms with Crippen LogP contribution in [0, 0.1) is 0 Å². The van der Waals surface area contributed by atoms with E-state index in [1.807, 2.05) is 11.3 Å². The molecule has 3 aromatic heterocycles. The summed E-state index contributed by atoms with van der Waals surface area (Å²) < 4.78 is 7.64. The summed E-state index contributed by atoms with van der Waals surface area (Å²) in [6.07, 6.45) is 0. The van der Waals surface area contributed by atoms with Crippen LogP contribution in [0.25, 0.3) is 86.3 Å². The highest BCUT2D eigenvalue weighted by Crippen LogP contribution is 2.50. The van der Waals surface area contributed by atoms with Gasteiger partial charge in [0, 0.05) is 58.5 Å². The molecule has 0 unspecified atom stereocenters. The first-order valence-electron chi connectivity index (χ1n) is 16.7. The molecule has 2 nitrogen and oxygen atoms in total. The second-order valence-corrected chi connectivity index (χ2v) is 14.8. The van der Waals surface area contributed by atoms with Crippen molar-refractivity contribution in [1.82, 2.24) is 9.13 Å². The van der Waals surface area contributed by atoms with Crippen molar-refractivity contribution in [2.75, 3.05) is 0 Å². The number of fused-ring (bicyclic) bond motifs is 13. The minimum absolute atomic E-state index is 0.0263. The summed E-state index contributed by atoms with van der Waals surface area (Å²) in [7, 11) is 0. The van der Waals surface area contributed by atoms with Crippen LogP contribution in [-0.2, 0) is 5.41 Å². The van der Waals surface area contributed by atoms with Crippen LogP contribution in [0.1, 0.15) is 25.0 Å². The average Bonchev–Trinajstić information content (AvgIpc) is 3.83. The van der Waals surface area contributed by atoms with Crippen molar-refractivity contribution in [2.24, 2.45) is 0 Å². The zero-order chi connectivity index (χ0) is 31.7. The number of aromatic nitrogens is 2. The third-order valence-electron chi connectivity index (χ3n) is 10.9. The Morgan fingerprint density at radius 1 is 0.438 bits per heavy atom. The van der Waals surface area contributed by atoms with Gasteiger partial charge in [-0.3, -0.25) is 0 Å². The zero-order valence-corrected chi connectivity index (χ0v) is 27.5. The fraction of sp³-hybridized carbons (Fsp3) is 0.0667. The van der Waals surface area contributed by atoms with Crippen LogP contribution < -0.4 is 0 Å². The summed E-state index contributed by atoms with van der Waals surface area (Å²) in [6, 6.07) is 54.3. The molecule has 226 valence electrons. The quantitative estimate of drug-likeness (QED) is 0.180. The van der Waals surface area contributed by atoms with E-state index in [1.165, 1.54) is 97.4 Å². The molecule has 0 spiro atoms. The van der Waals surface area contributed by atoms with Crippen molar-refractivity contribution in [3.05, 3.63) is 157 Å². The molecule has 0 saturated heterocycles. The normalized spacial score (nSPS) is 13.8. The maximum Gasteiger partial charge on any atom is 0.0641 e. The first kappa shape index (κ1) is 26.4. The highest BCUT2D eigenvalue weighted by molar-refractivity contribution is 7.25. The number of rotatable bonds is 2. The number of nitrogens with zero attached hydrogens (tertiary/aromatic N) is 2. The smallest absolute Gasteiger partial charge is 0.0641 e. The Bertz CT molecular complexity index is 2980. The lowest BCUT2D eigenvalue weighted by Gasteiger charge is -2.21. The molecule has 11 rings (SSSR count). The standard InChI is InChI=1S/C45H30N2S/c1-45(2)36-15-7-3-11-29(36)35-25-27(20-23-37(35)45)47-38-16-8-4-12-30(38)33-22-24-40-43(44(33)47)34-14-5-9-17-39(34)46(40)28-19-21-32-31-13-6-10-18-41(31)48-42(32)26-28/h3-26H,1-2H3. The van der Waals surface area contributed by atoms with E-state index in [9.17, 15) is 0 Å².